The number of amides is 1. The van der Waals surface area contributed by atoms with Gasteiger partial charge in [0.1, 0.15) is 24.3 Å². The second kappa shape index (κ2) is 8.13. The minimum absolute atomic E-state index is 0.0535. The first kappa shape index (κ1) is 18.0. The van der Waals surface area contributed by atoms with Gasteiger partial charge in [-0.15, -0.1) is 11.8 Å². The molecule has 27 heavy (non-hydrogen) atoms. The van der Waals surface area contributed by atoms with E-state index in [1.165, 1.54) is 0 Å². The molecule has 0 N–H and O–H groups in total. The molecule has 2 aliphatic heterocycles. The SMILES string of the molecule is CCOc1ccccc1C1SCCC(=O)N1Cc1ccc2c(c1)OCCO2. The molecule has 2 heterocycles. The lowest BCUT2D eigenvalue weighted by atomic mass is 10.1. The maximum Gasteiger partial charge on any atom is 0.224 e. The van der Waals surface area contributed by atoms with Gasteiger partial charge in [-0.2, -0.15) is 0 Å². The lowest BCUT2D eigenvalue weighted by Gasteiger charge is -2.36. The zero-order chi connectivity index (χ0) is 18.6. The summed E-state index contributed by atoms with van der Waals surface area (Å²) in [5.74, 6) is 3.35. The minimum atomic E-state index is -0.0535. The lowest BCUT2D eigenvalue weighted by molar-refractivity contribution is -0.132. The molecule has 142 valence electrons. The van der Waals surface area contributed by atoms with Crippen molar-refractivity contribution in [3.05, 3.63) is 53.6 Å². The van der Waals surface area contributed by atoms with E-state index in [0.717, 1.165) is 34.1 Å². The molecule has 2 aromatic carbocycles. The third-order valence-electron chi connectivity index (χ3n) is 4.64. The van der Waals surface area contributed by atoms with Crippen molar-refractivity contribution in [3.63, 3.8) is 0 Å². The van der Waals surface area contributed by atoms with E-state index in [1.54, 1.807) is 11.8 Å². The number of hydrogen-bond acceptors (Lipinski definition) is 5. The molecule has 5 nitrogen and oxygen atoms in total. The Kier molecular flexibility index (Phi) is 5.43. The molecule has 6 heteroatoms. The second-order valence-corrected chi connectivity index (χ2v) is 7.63. The van der Waals surface area contributed by atoms with Crippen LogP contribution in [0.5, 0.6) is 17.2 Å². The number of carbonyl (C=O) groups is 1. The molecular weight excluding hydrogens is 362 g/mol. The number of thioether (sulfide) groups is 1. The van der Waals surface area contributed by atoms with Crippen molar-refractivity contribution in [1.29, 1.82) is 0 Å². The van der Waals surface area contributed by atoms with Gasteiger partial charge < -0.3 is 19.1 Å². The van der Waals surface area contributed by atoms with Crippen LogP contribution in [0.2, 0.25) is 0 Å². The Morgan fingerprint density at radius 2 is 1.96 bits per heavy atom. The molecule has 0 bridgehead atoms. The summed E-state index contributed by atoms with van der Waals surface area (Å²) in [5, 5.41) is -0.0535. The van der Waals surface area contributed by atoms with Gasteiger partial charge in [0.15, 0.2) is 11.5 Å². The van der Waals surface area contributed by atoms with Crippen molar-refractivity contribution < 1.29 is 19.0 Å². The number of benzene rings is 2. The molecule has 1 amide bonds. The Balaban J connectivity index is 1.62. The van der Waals surface area contributed by atoms with E-state index in [1.807, 2.05) is 48.2 Å². The number of rotatable bonds is 5. The maximum atomic E-state index is 12.8. The number of ether oxygens (including phenoxy) is 3. The van der Waals surface area contributed by atoms with Crippen LogP contribution in [0.15, 0.2) is 42.5 Å². The second-order valence-electron chi connectivity index (χ2n) is 6.44. The fourth-order valence-corrected chi connectivity index (χ4v) is 4.67. The molecule has 0 aliphatic carbocycles. The summed E-state index contributed by atoms with van der Waals surface area (Å²) in [6.07, 6.45) is 0.558. The minimum Gasteiger partial charge on any atom is -0.493 e. The average Bonchev–Trinajstić information content (AvgIpc) is 2.70. The predicted molar refractivity (Wildman–Crippen MR) is 105 cm³/mol. The van der Waals surface area contributed by atoms with Crippen LogP contribution in [0.25, 0.3) is 0 Å². The molecule has 0 radical (unpaired) electrons. The molecule has 2 aromatic rings. The van der Waals surface area contributed by atoms with Crippen LogP contribution >= 0.6 is 11.8 Å². The summed E-state index contributed by atoms with van der Waals surface area (Å²) >= 11 is 1.79. The van der Waals surface area contributed by atoms with Crippen LogP contribution in [0.1, 0.15) is 29.8 Å². The number of para-hydroxylation sites is 1. The first-order chi connectivity index (χ1) is 13.3. The van der Waals surface area contributed by atoms with E-state index in [2.05, 4.69) is 6.07 Å². The van der Waals surface area contributed by atoms with E-state index >= 15 is 0 Å². The molecule has 0 spiro atoms. The third-order valence-corrected chi connectivity index (χ3v) is 5.90. The van der Waals surface area contributed by atoms with Gasteiger partial charge in [-0.3, -0.25) is 4.79 Å². The normalized spacial score (nSPS) is 19.1. The third kappa shape index (κ3) is 3.86. The van der Waals surface area contributed by atoms with E-state index < -0.39 is 0 Å². The highest BCUT2D eigenvalue weighted by atomic mass is 32.2. The lowest BCUT2D eigenvalue weighted by Crippen LogP contribution is -2.37. The summed E-state index contributed by atoms with van der Waals surface area (Å²) in [5.41, 5.74) is 2.09. The van der Waals surface area contributed by atoms with Crippen LogP contribution in [0, 0.1) is 0 Å². The van der Waals surface area contributed by atoms with Crippen LogP contribution in [-0.2, 0) is 11.3 Å². The van der Waals surface area contributed by atoms with Gasteiger partial charge in [0.05, 0.1) is 6.61 Å². The number of fused-ring (bicyclic) bond motifs is 1. The van der Waals surface area contributed by atoms with Gasteiger partial charge in [0.2, 0.25) is 5.91 Å². The molecule has 2 aliphatic rings. The highest BCUT2D eigenvalue weighted by molar-refractivity contribution is 7.99. The van der Waals surface area contributed by atoms with Crippen LogP contribution < -0.4 is 14.2 Å². The van der Waals surface area contributed by atoms with Gasteiger partial charge in [0.25, 0.3) is 0 Å². The molecule has 0 aromatic heterocycles. The first-order valence-corrected chi connectivity index (χ1v) is 10.3. The molecular formula is C21H23NO4S. The van der Waals surface area contributed by atoms with E-state index in [4.69, 9.17) is 14.2 Å². The fraction of sp³-hybridized carbons (Fsp3) is 0.381. The molecule has 1 unspecified atom stereocenters. The van der Waals surface area contributed by atoms with Gasteiger partial charge in [-0.05, 0) is 30.7 Å². The largest absolute Gasteiger partial charge is 0.493 e. The van der Waals surface area contributed by atoms with Crippen molar-refractivity contribution in [2.75, 3.05) is 25.6 Å². The van der Waals surface area contributed by atoms with Crippen molar-refractivity contribution in [3.8, 4) is 17.2 Å². The van der Waals surface area contributed by atoms with E-state index in [-0.39, 0.29) is 11.3 Å². The smallest absolute Gasteiger partial charge is 0.224 e. The topological polar surface area (TPSA) is 48.0 Å². The molecule has 1 fully saturated rings. The summed E-state index contributed by atoms with van der Waals surface area (Å²) in [6, 6.07) is 13.9. The number of nitrogens with zero attached hydrogens (tertiary/aromatic N) is 1. The Labute approximate surface area is 163 Å². The Morgan fingerprint density at radius 3 is 2.81 bits per heavy atom. The van der Waals surface area contributed by atoms with Crippen LogP contribution in [0.3, 0.4) is 0 Å². The van der Waals surface area contributed by atoms with Gasteiger partial charge >= 0.3 is 0 Å². The Hall–Kier alpha value is -2.34. The van der Waals surface area contributed by atoms with Gasteiger partial charge in [-0.25, -0.2) is 0 Å². The monoisotopic (exact) mass is 385 g/mol. The van der Waals surface area contributed by atoms with Gasteiger partial charge in [0, 0.05) is 24.3 Å². The highest BCUT2D eigenvalue weighted by Gasteiger charge is 2.32. The van der Waals surface area contributed by atoms with Crippen LogP contribution in [0.4, 0.5) is 0 Å². The van der Waals surface area contributed by atoms with E-state index in [9.17, 15) is 4.79 Å². The van der Waals surface area contributed by atoms with Crippen molar-refractivity contribution in [1.82, 2.24) is 4.90 Å². The highest BCUT2D eigenvalue weighted by Crippen LogP contribution is 2.42. The Bertz CT molecular complexity index is 826. The summed E-state index contributed by atoms with van der Waals surface area (Å²) in [7, 11) is 0. The van der Waals surface area contributed by atoms with E-state index in [0.29, 0.717) is 32.8 Å². The van der Waals surface area contributed by atoms with Crippen molar-refractivity contribution in [2.24, 2.45) is 0 Å². The van der Waals surface area contributed by atoms with Crippen LogP contribution in [-0.4, -0.2) is 36.4 Å². The zero-order valence-electron chi connectivity index (χ0n) is 15.3. The zero-order valence-corrected chi connectivity index (χ0v) is 16.2. The molecule has 1 atom stereocenters. The van der Waals surface area contributed by atoms with Crippen molar-refractivity contribution >= 4 is 17.7 Å². The standard InChI is InChI=1S/C21H23NO4S/c1-2-24-17-6-4-3-5-16(17)21-22(20(23)9-12-27-21)14-15-7-8-18-19(13-15)26-11-10-25-18/h3-8,13,21H,2,9-12,14H2,1H3. The fourth-order valence-electron chi connectivity index (χ4n) is 3.41. The number of hydrogen-bond donors (Lipinski definition) is 0. The Morgan fingerprint density at radius 1 is 1.15 bits per heavy atom. The summed E-state index contributed by atoms with van der Waals surface area (Å²) < 4.78 is 17.1. The molecule has 1 saturated heterocycles. The predicted octanol–water partition coefficient (Wildman–Crippen LogP) is 4.02. The summed E-state index contributed by atoms with van der Waals surface area (Å²) in [4.78, 5) is 14.7. The quantitative estimate of drug-likeness (QED) is 0.778. The molecule has 4 rings (SSSR count). The molecule has 0 saturated carbocycles. The first-order valence-electron chi connectivity index (χ1n) is 9.27. The maximum absolute atomic E-state index is 12.8. The van der Waals surface area contributed by atoms with Crippen molar-refractivity contribution in [2.45, 2.75) is 25.3 Å². The number of carbonyl (C=O) groups excluding carboxylic acids is 1. The summed E-state index contributed by atoms with van der Waals surface area (Å²) in [6.45, 7) is 4.24. The van der Waals surface area contributed by atoms with Gasteiger partial charge in [-0.1, -0.05) is 24.3 Å². The average molecular weight is 385 g/mol.